The Kier molecular flexibility index (Phi) is 3.68. The molecule has 2 heterocycles. The smallest absolute Gasteiger partial charge is 0.327 e. The summed E-state index contributed by atoms with van der Waals surface area (Å²) in [5, 5.41) is 9.00. The van der Waals surface area contributed by atoms with Crippen molar-refractivity contribution in [1.29, 1.82) is 0 Å². The normalized spacial score (nSPS) is 19.4. The van der Waals surface area contributed by atoms with Gasteiger partial charge in [0.05, 0.1) is 11.4 Å². The molecule has 1 amide bonds. The predicted octanol–water partition coefficient (Wildman–Crippen LogP) is 1.44. The maximum atomic E-state index is 12.1. The highest BCUT2D eigenvalue weighted by molar-refractivity contribution is 9.10. The fourth-order valence-electron chi connectivity index (χ4n) is 1.54. The quantitative estimate of drug-likeness (QED) is 0.894. The van der Waals surface area contributed by atoms with Gasteiger partial charge in [0.1, 0.15) is 6.04 Å². The topological polar surface area (TPSA) is 70.5 Å². The van der Waals surface area contributed by atoms with E-state index >= 15 is 0 Å². The fraction of sp³-hybridized carbons (Fsp3) is 0.300. The Morgan fingerprint density at radius 1 is 1.53 bits per heavy atom. The van der Waals surface area contributed by atoms with Crippen LogP contribution >= 0.6 is 27.7 Å². The summed E-state index contributed by atoms with van der Waals surface area (Å²) >= 11 is 4.67. The first kappa shape index (κ1) is 12.4. The zero-order valence-corrected chi connectivity index (χ0v) is 11.1. The van der Waals surface area contributed by atoms with E-state index in [-0.39, 0.29) is 5.91 Å². The van der Waals surface area contributed by atoms with Crippen LogP contribution in [0.15, 0.2) is 22.9 Å². The number of thioether (sulfide) groups is 1. The number of carboxylic acid groups (broad SMARTS) is 1. The summed E-state index contributed by atoms with van der Waals surface area (Å²) in [6, 6.07) is 0.892. The third-order valence-corrected chi connectivity index (χ3v) is 3.83. The van der Waals surface area contributed by atoms with Crippen LogP contribution < -0.4 is 0 Å². The van der Waals surface area contributed by atoms with Crippen LogP contribution in [0, 0.1) is 0 Å². The van der Waals surface area contributed by atoms with Crippen LogP contribution in [0.1, 0.15) is 10.4 Å². The van der Waals surface area contributed by atoms with E-state index in [0.717, 1.165) is 0 Å². The van der Waals surface area contributed by atoms with Crippen LogP contribution in [-0.2, 0) is 4.79 Å². The van der Waals surface area contributed by atoms with Crippen molar-refractivity contribution < 1.29 is 14.7 Å². The van der Waals surface area contributed by atoms with Crippen molar-refractivity contribution in [3.05, 3.63) is 28.5 Å². The van der Waals surface area contributed by atoms with Crippen molar-refractivity contribution in [3.63, 3.8) is 0 Å². The third kappa shape index (κ3) is 2.61. The van der Waals surface area contributed by atoms with Gasteiger partial charge < -0.3 is 10.0 Å². The zero-order valence-electron chi connectivity index (χ0n) is 8.67. The molecule has 5 nitrogen and oxygen atoms in total. The Morgan fingerprint density at radius 2 is 2.29 bits per heavy atom. The molecule has 1 saturated heterocycles. The van der Waals surface area contributed by atoms with Gasteiger partial charge >= 0.3 is 5.97 Å². The Bertz CT molecular complexity index is 469. The van der Waals surface area contributed by atoms with Crippen LogP contribution in [0.25, 0.3) is 0 Å². The molecule has 90 valence electrons. The van der Waals surface area contributed by atoms with Crippen LogP contribution in [0.2, 0.25) is 0 Å². The molecule has 1 N–H and O–H groups in total. The van der Waals surface area contributed by atoms with E-state index in [0.29, 0.717) is 21.7 Å². The molecule has 0 bridgehead atoms. The molecule has 0 aliphatic carbocycles. The Balaban J connectivity index is 2.23. The predicted molar refractivity (Wildman–Crippen MR) is 66.9 cm³/mol. The molecule has 7 heteroatoms. The van der Waals surface area contributed by atoms with E-state index in [1.165, 1.54) is 22.9 Å². The lowest BCUT2D eigenvalue weighted by molar-refractivity contribution is -0.140. The van der Waals surface area contributed by atoms with Crippen LogP contribution in [0.3, 0.4) is 0 Å². The van der Waals surface area contributed by atoms with Gasteiger partial charge in [0, 0.05) is 22.6 Å². The number of aliphatic carboxylic acids is 1. The summed E-state index contributed by atoms with van der Waals surface area (Å²) in [4.78, 5) is 28.3. The van der Waals surface area contributed by atoms with Gasteiger partial charge in [0.25, 0.3) is 5.91 Å². The molecule has 0 saturated carbocycles. The number of rotatable bonds is 2. The molecule has 0 radical (unpaired) electrons. The Labute approximate surface area is 110 Å². The van der Waals surface area contributed by atoms with Crippen LogP contribution in [0.5, 0.6) is 0 Å². The van der Waals surface area contributed by atoms with Gasteiger partial charge in [-0.1, -0.05) is 0 Å². The number of hydrogen-bond acceptors (Lipinski definition) is 4. The number of aromatic nitrogens is 1. The van der Waals surface area contributed by atoms with E-state index in [4.69, 9.17) is 5.11 Å². The summed E-state index contributed by atoms with van der Waals surface area (Å²) < 4.78 is 0.696. The van der Waals surface area contributed by atoms with E-state index in [2.05, 4.69) is 20.9 Å². The lowest BCUT2D eigenvalue weighted by Gasteiger charge is -2.20. The summed E-state index contributed by atoms with van der Waals surface area (Å²) in [5.41, 5.74) is 0.396. The second-order valence-corrected chi connectivity index (χ2v) is 5.44. The van der Waals surface area contributed by atoms with Crippen LogP contribution in [0.4, 0.5) is 0 Å². The molecule has 0 spiro atoms. The number of carbonyl (C=O) groups is 2. The SMILES string of the molecule is O=C(O)[C@@H]1CSCN1C(=O)c1cncc(Br)c1. The molecule has 1 fully saturated rings. The molecule has 2 rings (SSSR count). The first-order chi connectivity index (χ1) is 8.09. The monoisotopic (exact) mass is 316 g/mol. The van der Waals surface area contributed by atoms with Gasteiger partial charge in [-0.2, -0.15) is 0 Å². The average Bonchev–Trinajstić information content (AvgIpc) is 2.77. The van der Waals surface area contributed by atoms with Crippen molar-refractivity contribution in [2.45, 2.75) is 6.04 Å². The first-order valence-electron chi connectivity index (χ1n) is 4.81. The van der Waals surface area contributed by atoms with E-state index in [1.54, 1.807) is 12.3 Å². The number of halogens is 1. The third-order valence-electron chi connectivity index (χ3n) is 2.38. The number of carbonyl (C=O) groups excluding carboxylic acids is 1. The lowest BCUT2D eigenvalue weighted by atomic mass is 10.2. The minimum atomic E-state index is -0.966. The van der Waals surface area contributed by atoms with Gasteiger partial charge in [-0.05, 0) is 22.0 Å². The van der Waals surface area contributed by atoms with E-state index in [1.807, 2.05) is 0 Å². The fourth-order valence-corrected chi connectivity index (χ4v) is 3.05. The molecule has 0 aromatic carbocycles. The molecule has 1 atom stereocenters. The second kappa shape index (κ2) is 5.05. The second-order valence-electron chi connectivity index (χ2n) is 3.52. The van der Waals surface area contributed by atoms with Crippen molar-refractivity contribution in [3.8, 4) is 0 Å². The average molecular weight is 317 g/mol. The molecular formula is C10H9BrN2O3S. The highest BCUT2D eigenvalue weighted by Gasteiger charge is 2.35. The molecule has 1 aliphatic heterocycles. The number of nitrogens with zero attached hydrogens (tertiary/aromatic N) is 2. The van der Waals surface area contributed by atoms with Crippen molar-refractivity contribution >= 4 is 39.6 Å². The van der Waals surface area contributed by atoms with Crippen molar-refractivity contribution in [2.24, 2.45) is 0 Å². The van der Waals surface area contributed by atoms with Crippen LogP contribution in [-0.4, -0.2) is 44.5 Å². The van der Waals surface area contributed by atoms with Gasteiger partial charge in [0.15, 0.2) is 0 Å². The van der Waals surface area contributed by atoms with E-state index < -0.39 is 12.0 Å². The maximum Gasteiger partial charge on any atom is 0.327 e. The summed E-state index contributed by atoms with van der Waals surface area (Å²) in [5.74, 6) is -0.423. The van der Waals surface area contributed by atoms with Crippen molar-refractivity contribution in [1.82, 2.24) is 9.88 Å². The molecular weight excluding hydrogens is 308 g/mol. The van der Waals surface area contributed by atoms with Gasteiger partial charge in [-0.3, -0.25) is 9.78 Å². The standard InChI is InChI=1S/C10H9BrN2O3S/c11-7-1-6(2-12-3-7)9(14)13-5-17-4-8(13)10(15)16/h1-3,8H,4-5H2,(H,15,16)/t8-/m0/s1. The maximum absolute atomic E-state index is 12.1. The summed E-state index contributed by atoms with van der Waals surface area (Å²) in [6.07, 6.45) is 3.01. The lowest BCUT2D eigenvalue weighted by Crippen LogP contribution is -2.41. The number of pyridine rings is 1. The highest BCUT2D eigenvalue weighted by Crippen LogP contribution is 2.23. The number of carboxylic acids is 1. The summed E-state index contributed by atoms with van der Waals surface area (Å²) in [6.45, 7) is 0. The van der Waals surface area contributed by atoms with E-state index in [9.17, 15) is 9.59 Å². The first-order valence-corrected chi connectivity index (χ1v) is 6.76. The zero-order chi connectivity index (χ0) is 12.4. The Morgan fingerprint density at radius 3 is 2.94 bits per heavy atom. The van der Waals surface area contributed by atoms with Gasteiger partial charge in [-0.25, -0.2) is 4.79 Å². The minimum Gasteiger partial charge on any atom is -0.480 e. The van der Waals surface area contributed by atoms with Gasteiger partial charge in [0.2, 0.25) is 0 Å². The minimum absolute atomic E-state index is 0.295. The highest BCUT2D eigenvalue weighted by atomic mass is 79.9. The summed E-state index contributed by atoms with van der Waals surface area (Å²) in [7, 11) is 0. The van der Waals surface area contributed by atoms with Crippen molar-refractivity contribution in [2.75, 3.05) is 11.6 Å². The van der Waals surface area contributed by atoms with Gasteiger partial charge in [-0.15, -0.1) is 11.8 Å². The Hall–Kier alpha value is -1.08. The molecule has 1 aliphatic rings. The molecule has 17 heavy (non-hydrogen) atoms. The largest absolute Gasteiger partial charge is 0.480 e. The molecule has 1 aromatic heterocycles. The molecule has 0 unspecified atom stereocenters. The molecule has 1 aromatic rings. The number of hydrogen-bond donors (Lipinski definition) is 1. The number of amides is 1.